The molecule has 0 saturated carbocycles. The van der Waals surface area contributed by atoms with Crippen molar-refractivity contribution in [2.45, 2.75) is 25.5 Å². The number of likely N-dealkylation sites (tertiary alicyclic amines) is 1. The predicted molar refractivity (Wildman–Crippen MR) is 86.4 cm³/mol. The van der Waals surface area contributed by atoms with Crippen molar-refractivity contribution in [1.82, 2.24) is 9.88 Å². The normalized spacial score (nSPS) is 23.3. The summed E-state index contributed by atoms with van der Waals surface area (Å²) in [4.78, 5) is 6.92. The predicted octanol–water partition coefficient (Wildman–Crippen LogP) is 3.22. The van der Waals surface area contributed by atoms with Crippen LogP contribution in [0.15, 0.2) is 41.9 Å². The number of hydrogen-bond donors (Lipinski definition) is 0. The molecule has 3 rings (SSSR count). The van der Waals surface area contributed by atoms with E-state index in [0.29, 0.717) is 12.0 Å². The van der Waals surface area contributed by atoms with E-state index in [2.05, 4.69) is 45.6 Å². The van der Waals surface area contributed by atoms with Crippen LogP contribution in [-0.2, 0) is 17.7 Å². The average Bonchev–Trinajstić information content (AvgIpc) is 3.02. The fraction of sp³-hybridized carbons (Fsp3) is 0.471. The van der Waals surface area contributed by atoms with E-state index >= 15 is 0 Å². The number of thiazole rings is 1. The SMILES string of the molecule is CO[C@@H]1CCN(Cc2nccs2)C[C@H]1Cc1ccccc1. The second kappa shape index (κ2) is 7.16. The number of methoxy groups -OCH3 is 1. The van der Waals surface area contributed by atoms with Crippen molar-refractivity contribution >= 4 is 11.3 Å². The lowest BCUT2D eigenvalue weighted by molar-refractivity contribution is -0.00849. The number of ether oxygens (including phenoxy) is 1. The lowest BCUT2D eigenvalue weighted by Gasteiger charge is -2.37. The van der Waals surface area contributed by atoms with Crippen LogP contribution < -0.4 is 0 Å². The zero-order valence-electron chi connectivity index (χ0n) is 12.4. The Morgan fingerprint density at radius 1 is 1.33 bits per heavy atom. The standard InChI is InChI=1S/C17H22N2OS/c1-20-16-7-9-19(13-17-18-8-10-21-17)12-15(16)11-14-5-3-2-4-6-14/h2-6,8,10,15-16H,7,9,11-13H2,1H3/t15-,16-/m1/s1. The molecular formula is C17H22N2OS. The molecule has 0 unspecified atom stereocenters. The molecule has 0 radical (unpaired) electrons. The minimum absolute atomic E-state index is 0.373. The molecule has 2 heterocycles. The van der Waals surface area contributed by atoms with E-state index in [9.17, 15) is 0 Å². The Morgan fingerprint density at radius 3 is 2.90 bits per heavy atom. The van der Waals surface area contributed by atoms with Gasteiger partial charge < -0.3 is 4.74 Å². The molecule has 0 spiro atoms. The Bertz CT molecular complexity index is 529. The van der Waals surface area contributed by atoms with E-state index in [1.165, 1.54) is 10.6 Å². The highest BCUT2D eigenvalue weighted by Crippen LogP contribution is 2.25. The summed E-state index contributed by atoms with van der Waals surface area (Å²) in [5.74, 6) is 0.561. The van der Waals surface area contributed by atoms with Gasteiger partial charge in [0.2, 0.25) is 0 Å². The van der Waals surface area contributed by atoms with Crippen molar-refractivity contribution in [3.8, 4) is 0 Å². The van der Waals surface area contributed by atoms with E-state index in [1.54, 1.807) is 11.3 Å². The van der Waals surface area contributed by atoms with Crippen LogP contribution >= 0.6 is 11.3 Å². The summed E-state index contributed by atoms with van der Waals surface area (Å²) in [6, 6.07) is 10.7. The van der Waals surface area contributed by atoms with E-state index in [1.807, 2.05) is 13.3 Å². The van der Waals surface area contributed by atoms with Crippen LogP contribution in [-0.4, -0.2) is 36.2 Å². The molecule has 3 nitrogen and oxygen atoms in total. The van der Waals surface area contributed by atoms with Crippen LogP contribution in [0.3, 0.4) is 0 Å². The van der Waals surface area contributed by atoms with Gasteiger partial charge in [-0.2, -0.15) is 0 Å². The zero-order chi connectivity index (χ0) is 14.5. The maximum atomic E-state index is 5.72. The minimum atomic E-state index is 0.373. The smallest absolute Gasteiger partial charge is 0.107 e. The first kappa shape index (κ1) is 14.7. The van der Waals surface area contributed by atoms with Gasteiger partial charge in [0.1, 0.15) is 5.01 Å². The van der Waals surface area contributed by atoms with Gasteiger partial charge in [0.25, 0.3) is 0 Å². The second-order valence-corrected chi connectivity index (χ2v) is 6.65. The van der Waals surface area contributed by atoms with Crippen molar-refractivity contribution in [2.75, 3.05) is 20.2 Å². The molecule has 1 aromatic heterocycles. The monoisotopic (exact) mass is 302 g/mol. The first-order valence-corrected chi connectivity index (χ1v) is 8.40. The van der Waals surface area contributed by atoms with Crippen LogP contribution in [0.4, 0.5) is 0 Å². The molecule has 1 aromatic carbocycles. The quantitative estimate of drug-likeness (QED) is 0.848. The number of benzene rings is 1. The number of aromatic nitrogens is 1. The highest BCUT2D eigenvalue weighted by Gasteiger charge is 2.29. The van der Waals surface area contributed by atoms with Crippen molar-refractivity contribution < 1.29 is 4.74 Å². The lowest BCUT2D eigenvalue weighted by atomic mass is 9.88. The highest BCUT2D eigenvalue weighted by molar-refractivity contribution is 7.09. The number of nitrogens with zero attached hydrogens (tertiary/aromatic N) is 2. The van der Waals surface area contributed by atoms with Crippen LogP contribution in [0.5, 0.6) is 0 Å². The highest BCUT2D eigenvalue weighted by atomic mass is 32.1. The van der Waals surface area contributed by atoms with Gasteiger partial charge >= 0.3 is 0 Å². The fourth-order valence-electron chi connectivity index (χ4n) is 3.18. The number of piperidine rings is 1. The molecule has 21 heavy (non-hydrogen) atoms. The molecule has 0 aliphatic carbocycles. The summed E-state index contributed by atoms with van der Waals surface area (Å²) in [5, 5.41) is 3.27. The third-order valence-corrected chi connectivity index (χ3v) is 5.00. The Balaban J connectivity index is 1.64. The largest absolute Gasteiger partial charge is 0.381 e. The maximum Gasteiger partial charge on any atom is 0.107 e. The van der Waals surface area contributed by atoms with Gasteiger partial charge in [-0.05, 0) is 18.4 Å². The number of hydrogen-bond acceptors (Lipinski definition) is 4. The molecule has 1 aliphatic rings. The zero-order valence-corrected chi connectivity index (χ0v) is 13.3. The lowest BCUT2D eigenvalue weighted by Crippen LogP contribution is -2.44. The molecule has 0 N–H and O–H groups in total. The summed E-state index contributed by atoms with van der Waals surface area (Å²) in [6.07, 6.45) is 4.47. The Hall–Kier alpha value is -1.23. The average molecular weight is 302 g/mol. The van der Waals surface area contributed by atoms with E-state index in [0.717, 1.165) is 32.5 Å². The van der Waals surface area contributed by atoms with Gasteiger partial charge in [-0.25, -0.2) is 4.98 Å². The molecule has 112 valence electrons. The van der Waals surface area contributed by atoms with Gasteiger partial charge in [-0.15, -0.1) is 11.3 Å². The summed E-state index contributed by atoms with van der Waals surface area (Å²) in [7, 11) is 1.85. The Kier molecular flexibility index (Phi) is 5.01. The molecular weight excluding hydrogens is 280 g/mol. The number of rotatable bonds is 5. The molecule has 2 aromatic rings. The molecule has 2 atom stereocenters. The fourth-order valence-corrected chi connectivity index (χ4v) is 3.83. The van der Waals surface area contributed by atoms with Crippen LogP contribution in [0, 0.1) is 5.92 Å². The second-order valence-electron chi connectivity index (χ2n) is 5.67. The molecule has 0 amide bonds. The molecule has 1 aliphatic heterocycles. The Morgan fingerprint density at radius 2 is 2.19 bits per heavy atom. The first-order chi connectivity index (χ1) is 10.3. The summed E-state index contributed by atoms with van der Waals surface area (Å²) in [6.45, 7) is 3.16. The van der Waals surface area contributed by atoms with Crippen molar-refractivity contribution in [3.63, 3.8) is 0 Å². The van der Waals surface area contributed by atoms with Crippen molar-refractivity contribution in [1.29, 1.82) is 0 Å². The Labute approximate surface area is 130 Å². The molecule has 0 bridgehead atoms. The van der Waals surface area contributed by atoms with E-state index < -0.39 is 0 Å². The van der Waals surface area contributed by atoms with E-state index in [4.69, 9.17) is 4.74 Å². The van der Waals surface area contributed by atoms with Crippen molar-refractivity contribution in [2.24, 2.45) is 5.92 Å². The molecule has 1 saturated heterocycles. The first-order valence-electron chi connectivity index (χ1n) is 7.52. The summed E-state index contributed by atoms with van der Waals surface area (Å²) in [5.41, 5.74) is 1.40. The van der Waals surface area contributed by atoms with Crippen LogP contribution in [0.25, 0.3) is 0 Å². The topological polar surface area (TPSA) is 25.4 Å². The minimum Gasteiger partial charge on any atom is -0.381 e. The molecule has 4 heteroatoms. The van der Waals surface area contributed by atoms with Crippen LogP contribution in [0.1, 0.15) is 17.0 Å². The van der Waals surface area contributed by atoms with Crippen molar-refractivity contribution in [3.05, 3.63) is 52.5 Å². The van der Waals surface area contributed by atoms with Gasteiger partial charge in [0.05, 0.1) is 12.6 Å². The summed E-state index contributed by atoms with van der Waals surface area (Å²) < 4.78 is 5.72. The maximum absolute atomic E-state index is 5.72. The van der Waals surface area contributed by atoms with E-state index in [-0.39, 0.29) is 0 Å². The van der Waals surface area contributed by atoms with Crippen LogP contribution in [0.2, 0.25) is 0 Å². The third kappa shape index (κ3) is 3.90. The van der Waals surface area contributed by atoms with Gasteiger partial charge in [-0.3, -0.25) is 4.90 Å². The third-order valence-electron chi connectivity index (χ3n) is 4.23. The molecule has 1 fully saturated rings. The van der Waals surface area contributed by atoms with Gasteiger partial charge in [0, 0.05) is 37.7 Å². The van der Waals surface area contributed by atoms with Gasteiger partial charge in [0.15, 0.2) is 0 Å². The van der Waals surface area contributed by atoms with Gasteiger partial charge in [-0.1, -0.05) is 30.3 Å². The summed E-state index contributed by atoms with van der Waals surface area (Å²) >= 11 is 1.74.